The first kappa shape index (κ1) is 24.3. The van der Waals surface area contributed by atoms with E-state index in [4.69, 9.17) is 5.73 Å². The van der Waals surface area contributed by atoms with Crippen LogP contribution < -0.4 is 11.1 Å². The molecule has 184 valence electrons. The van der Waals surface area contributed by atoms with E-state index in [2.05, 4.69) is 33.0 Å². The number of carbonyl (C=O) groups is 1. The zero-order valence-electron chi connectivity index (χ0n) is 20.9. The Hall–Kier alpha value is -0.810. The molecule has 0 saturated heterocycles. The van der Waals surface area contributed by atoms with E-state index in [1.807, 2.05) is 0 Å². The standard InChI is InChI=1S/C27H48N2O3/c1-5-18-23-14-17(30)8-11-27(23,4)22-9-12-26(3)20(16(2)10-13-29-25(28)32)6-7-21(26)19(22)15-24(18)31/h16-24,30-31H,5-15H2,1-4H3,(H3,28,29,32)/t16-,17-,18-,19-,20-,21+,22+,23+,24?,26-,27-/m1/s1. The third-order valence-corrected chi connectivity index (χ3v) is 11.3. The van der Waals surface area contributed by atoms with Gasteiger partial charge in [0.15, 0.2) is 0 Å². The minimum Gasteiger partial charge on any atom is -0.393 e. The van der Waals surface area contributed by atoms with Gasteiger partial charge in [-0.25, -0.2) is 4.79 Å². The number of rotatable bonds is 5. The topological polar surface area (TPSA) is 95.6 Å². The molecule has 11 atom stereocenters. The van der Waals surface area contributed by atoms with Crippen LogP contribution in [0.4, 0.5) is 4.79 Å². The molecule has 4 aliphatic carbocycles. The zero-order valence-corrected chi connectivity index (χ0v) is 20.9. The van der Waals surface area contributed by atoms with Crippen LogP contribution in [0, 0.1) is 52.3 Å². The summed E-state index contributed by atoms with van der Waals surface area (Å²) in [7, 11) is 0. The highest BCUT2D eigenvalue weighted by Gasteiger charge is 2.61. The van der Waals surface area contributed by atoms with Crippen molar-refractivity contribution < 1.29 is 15.0 Å². The number of aliphatic hydroxyl groups excluding tert-OH is 2. The van der Waals surface area contributed by atoms with Crippen molar-refractivity contribution in [2.45, 2.75) is 104 Å². The maximum absolute atomic E-state index is 11.4. The van der Waals surface area contributed by atoms with Crippen molar-refractivity contribution in [2.24, 2.45) is 58.0 Å². The summed E-state index contributed by atoms with van der Waals surface area (Å²) in [6, 6.07) is -0.425. The molecule has 1 unspecified atom stereocenters. The largest absolute Gasteiger partial charge is 0.393 e. The van der Waals surface area contributed by atoms with Crippen molar-refractivity contribution in [3.63, 3.8) is 0 Å². The third-order valence-electron chi connectivity index (χ3n) is 11.3. The van der Waals surface area contributed by atoms with Gasteiger partial charge in [0.05, 0.1) is 12.2 Å². The van der Waals surface area contributed by atoms with E-state index in [9.17, 15) is 15.0 Å². The Balaban J connectivity index is 1.58. The highest BCUT2D eigenvalue weighted by Crippen LogP contribution is 2.68. The zero-order chi connectivity index (χ0) is 23.3. The van der Waals surface area contributed by atoms with Crippen molar-refractivity contribution in [1.29, 1.82) is 0 Å². The average molecular weight is 449 g/mol. The van der Waals surface area contributed by atoms with Gasteiger partial charge in [-0.15, -0.1) is 0 Å². The van der Waals surface area contributed by atoms with Gasteiger partial charge in [0.2, 0.25) is 0 Å². The summed E-state index contributed by atoms with van der Waals surface area (Å²) >= 11 is 0. The Kier molecular flexibility index (Phi) is 6.91. The lowest BCUT2D eigenvalue weighted by atomic mass is 9.48. The van der Waals surface area contributed by atoms with Crippen LogP contribution in [0.2, 0.25) is 0 Å². The highest BCUT2D eigenvalue weighted by atomic mass is 16.3. The number of fused-ring (bicyclic) bond motifs is 5. The summed E-state index contributed by atoms with van der Waals surface area (Å²) in [5, 5.41) is 24.7. The van der Waals surface area contributed by atoms with E-state index in [1.54, 1.807) is 0 Å². The lowest BCUT2D eigenvalue weighted by Gasteiger charge is -2.57. The van der Waals surface area contributed by atoms with Gasteiger partial charge in [0.1, 0.15) is 0 Å². The predicted octanol–water partition coefficient (Wildman–Crippen LogP) is 4.70. The first-order valence-corrected chi connectivity index (χ1v) is 13.5. The second-order valence-corrected chi connectivity index (χ2v) is 12.6. The molecule has 5 heteroatoms. The van der Waals surface area contributed by atoms with E-state index >= 15 is 0 Å². The lowest BCUT2D eigenvalue weighted by molar-refractivity contribution is -0.0964. The van der Waals surface area contributed by atoms with Crippen LogP contribution in [-0.2, 0) is 0 Å². The Labute approximate surface area is 195 Å². The van der Waals surface area contributed by atoms with Gasteiger partial charge in [0, 0.05) is 6.54 Å². The fourth-order valence-electron chi connectivity index (χ4n) is 9.78. The summed E-state index contributed by atoms with van der Waals surface area (Å²) in [4.78, 5) is 11.1. The average Bonchev–Trinajstić information content (AvgIpc) is 3.04. The van der Waals surface area contributed by atoms with Gasteiger partial charge in [-0.3, -0.25) is 0 Å². The van der Waals surface area contributed by atoms with Crippen LogP contribution in [0.1, 0.15) is 91.9 Å². The normalized spacial score (nSPS) is 49.3. The fraction of sp³-hybridized carbons (Fsp3) is 0.963. The van der Waals surface area contributed by atoms with Crippen LogP contribution in [0.3, 0.4) is 0 Å². The Morgan fingerprint density at radius 2 is 1.72 bits per heavy atom. The molecule has 5 nitrogen and oxygen atoms in total. The first-order valence-electron chi connectivity index (χ1n) is 13.5. The number of nitrogens with one attached hydrogen (secondary N) is 1. The fourth-order valence-corrected chi connectivity index (χ4v) is 9.78. The SMILES string of the molecule is CC[C@H]1C(O)C[C@H]2[C@H](CC[C@]3(C)[C@@H]([C@H](C)CCNC(N)=O)CC[C@@H]23)[C@@]2(C)CC[C@@H](O)C[C@@H]12. The maximum atomic E-state index is 11.4. The van der Waals surface area contributed by atoms with Gasteiger partial charge in [0.25, 0.3) is 0 Å². The number of carbonyl (C=O) groups excluding carboxylic acids is 1. The second-order valence-electron chi connectivity index (χ2n) is 12.6. The molecular weight excluding hydrogens is 400 g/mol. The van der Waals surface area contributed by atoms with Crippen molar-refractivity contribution in [3.8, 4) is 0 Å². The van der Waals surface area contributed by atoms with Crippen molar-refractivity contribution in [1.82, 2.24) is 5.32 Å². The molecule has 4 aliphatic rings. The van der Waals surface area contributed by atoms with Crippen LogP contribution >= 0.6 is 0 Å². The van der Waals surface area contributed by atoms with Crippen molar-refractivity contribution in [3.05, 3.63) is 0 Å². The van der Waals surface area contributed by atoms with Crippen LogP contribution in [0.5, 0.6) is 0 Å². The molecule has 0 aliphatic heterocycles. The van der Waals surface area contributed by atoms with Crippen molar-refractivity contribution in [2.75, 3.05) is 6.54 Å². The van der Waals surface area contributed by atoms with Gasteiger partial charge >= 0.3 is 6.03 Å². The molecule has 4 saturated carbocycles. The summed E-state index contributed by atoms with van der Waals surface area (Å²) < 4.78 is 0. The Bertz CT molecular complexity index is 686. The highest BCUT2D eigenvalue weighted by molar-refractivity contribution is 5.71. The van der Waals surface area contributed by atoms with Crippen LogP contribution in [0.25, 0.3) is 0 Å². The number of urea groups is 1. The molecule has 4 rings (SSSR count). The summed E-state index contributed by atoms with van der Waals surface area (Å²) in [6.07, 6.45) is 10.6. The minimum absolute atomic E-state index is 0.189. The van der Waals surface area contributed by atoms with Gasteiger partial charge < -0.3 is 21.3 Å². The van der Waals surface area contributed by atoms with E-state index in [1.165, 1.54) is 25.7 Å². The summed E-state index contributed by atoms with van der Waals surface area (Å²) in [5.74, 6) is 3.98. The number of hydrogen-bond acceptors (Lipinski definition) is 3. The van der Waals surface area contributed by atoms with Gasteiger partial charge in [-0.2, -0.15) is 0 Å². The molecule has 4 fully saturated rings. The molecule has 5 N–H and O–H groups in total. The summed E-state index contributed by atoms with van der Waals surface area (Å²) in [6.45, 7) is 10.3. The Morgan fingerprint density at radius 1 is 1.03 bits per heavy atom. The number of nitrogens with two attached hydrogens (primary N) is 1. The molecule has 0 aromatic rings. The minimum atomic E-state index is -0.425. The number of aliphatic hydroxyl groups is 2. The van der Waals surface area contributed by atoms with Crippen LogP contribution in [0.15, 0.2) is 0 Å². The maximum Gasteiger partial charge on any atom is 0.312 e. The van der Waals surface area contributed by atoms with E-state index in [0.717, 1.165) is 38.5 Å². The number of hydrogen-bond donors (Lipinski definition) is 4. The second kappa shape index (κ2) is 9.09. The van der Waals surface area contributed by atoms with E-state index in [-0.39, 0.29) is 17.6 Å². The lowest BCUT2D eigenvalue weighted by Crippen LogP contribution is -2.51. The van der Waals surface area contributed by atoms with Crippen molar-refractivity contribution >= 4 is 6.03 Å². The molecule has 0 heterocycles. The molecule has 0 aromatic heterocycles. The molecule has 0 radical (unpaired) electrons. The Morgan fingerprint density at radius 3 is 2.41 bits per heavy atom. The molecular formula is C27H48N2O3. The van der Waals surface area contributed by atoms with Gasteiger partial charge in [-0.05, 0) is 110 Å². The van der Waals surface area contributed by atoms with E-state index in [0.29, 0.717) is 53.4 Å². The predicted molar refractivity (Wildman–Crippen MR) is 128 cm³/mol. The smallest absolute Gasteiger partial charge is 0.312 e. The number of primary amides is 1. The monoisotopic (exact) mass is 448 g/mol. The van der Waals surface area contributed by atoms with Crippen LogP contribution in [-0.4, -0.2) is 35.0 Å². The molecule has 2 amide bonds. The van der Waals surface area contributed by atoms with E-state index < -0.39 is 6.03 Å². The summed E-state index contributed by atoms with van der Waals surface area (Å²) in [5.41, 5.74) is 5.85. The first-order chi connectivity index (χ1) is 15.1. The van der Waals surface area contributed by atoms with Gasteiger partial charge in [-0.1, -0.05) is 34.1 Å². The third kappa shape index (κ3) is 4.00. The molecule has 0 spiro atoms. The number of amides is 2. The molecule has 32 heavy (non-hydrogen) atoms. The molecule has 0 aromatic carbocycles. The quantitative estimate of drug-likeness (QED) is 0.491. The molecule has 0 bridgehead atoms.